The van der Waals surface area contributed by atoms with Crippen LogP contribution in [0.2, 0.25) is 0 Å². The number of rotatable bonds is 2. The van der Waals surface area contributed by atoms with E-state index in [1.807, 2.05) is 18.2 Å². The zero-order valence-electron chi connectivity index (χ0n) is 10.4. The SMILES string of the molecule is CC(C)c1[nH]nc(N)c1-c1ccc2c(c1)OCO2. The summed E-state index contributed by atoms with van der Waals surface area (Å²) in [5.74, 6) is 2.36. The second-order valence-electron chi connectivity index (χ2n) is 4.62. The van der Waals surface area contributed by atoms with Crippen molar-refractivity contribution in [3.63, 3.8) is 0 Å². The number of aromatic nitrogens is 2. The van der Waals surface area contributed by atoms with Gasteiger partial charge in [-0.25, -0.2) is 0 Å². The maximum absolute atomic E-state index is 5.94. The Bertz CT molecular complexity index is 590. The van der Waals surface area contributed by atoms with Crippen molar-refractivity contribution in [2.24, 2.45) is 0 Å². The monoisotopic (exact) mass is 245 g/mol. The third-order valence-corrected chi connectivity index (χ3v) is 3.06. The summed E-state index contributed by atoms with van der Waals surface area (Å²) in [6.45, 7) is 4.48. The van der Waals surface area contributed by atoms with Crippen LogP contribution in [0.1, 0.15) is 25.5 Å². The van der Waals surface area contributed by atoms with Crippen LogP contribution in [0.25, 0.3) is 11.1 Å². The normalized spacial score (nSPS) is 13.3. The maximum Gasteiger partial charge on any atom is 0.231 e. The highest BCUT2D eigenvalue weighted by atomic mass is 16.7. The van der Waals surface area contributed by atoms with Gasteiger partial charge in [-0.15, -0.1) is 0 Å². The van der Waals surface area contributed by atoms with Crippen molar-refractivity contribution in [1.29, 1.82) is 0 Å². The average Bonchev–Trinajstić information content (AvgIpc) is 2.93. The van der Waals surface area contributed by atoms with Gasteiger partial charge in [0.15, 0.2) is 17.3 Å². The fourth-order valence-electron chi connectivity index (χ4n) is 2.14. The van der Waals surface area contributed by atoms with Gasteiger partial charge in [0.2, 0.25) is 6.79 Å². The molecule has 5 nitrogen and oxygen atoms in total. The molecule has 0 fully saturated rings. The summed E-state index contributed by atoms with van der Waals surface area (Å²) >= 11 is 0. The Balaban J connectivity index is 2.12. The molecule has 0 saturated heterocycles. The number of fused-ring (bicyclic) bond motifs is 1. The van der Waals surface area contributed by atoms with Crippen molar-refractivity contribution < 1.29 is 9.47 Å². The van der Waals surface area contributed by atoms with Gasteiger partial charge in [-0.3, -0.25) is 5.10 Å². The van der Waals surface area contributed by atoms with Gasteiger partial charge in [0, 0.05) is 11.3 Å². The highest BCUT2D eigenvalue weighted by molar-refractivity contribution is 5.78. The number of aromatic amines is 1. The van der Waals surface area contributed by atoms with Gasteiger partial charge in [0.25, 0.3) is 0 Å². The van der Waals surface area contributed by atoms with E-state index in [0.717, 1.165) is 28.3 Å². The number of H-pyrrole nitrogens is 1. The number of nitrogen functional groups attached to an aromatic ring is 1. The van der Waals surface area contributed by atoms with Crippen LogP contribution < -0.4 is 15.2 Å². The molecule has 2 aromatic rings. The standard InChI is InChI=1S/C13H15N3O2/c1-7(2)12-11(13(14)16-15-12)8-3-4-9-10(5-8)18-6-17-9/h3-5,7H,6H2,1-2H3,(H3,14,15,16). The summed E-state index contributed by atoms with van der Waals surface area (Å²) in [5, 5.41) is 7.08. The van der Waals surface area contributed by atoms with Crippen molar-refractivity contribution in [2.75, 3.05) is 12.5 Å². The number of anilines is 1. The van der Waals surface area contributed by atoms with Gasteiger partial charge in [-0.2, -0.15) is 5.10 Å². The van der Waals surface area contributed by atoms with E-state index in [9.17, 15) is 0 Å². The Kier molecular flexibility index (Phi) is 2.40. The molecular formula is C13H15N3O2. The van der Waals surface area contributed by atoms with Crippen molar-refractivity contribution in [1.82, 2.24) is 10.2 Å². The van der Waals surface area contributed by atoms with E-state index in [0.29, 0.717) is 11.7 Å². The number of nitrogens with zero attached hydrogens (tertiary/aromatic N) is 1. The molecule has 0 amide bonds. The zero-order chi connectivity index (χ0) is 12.7. The minimum Gasteiger partial charge on any atom is -0.454 e. The van der Waals surface area contributed by atoms with E-state index in [-0.39, 0.29) is 6.79 Å². The predicted octanol–water partition coefficient (Wildman–Crippen LogP) is 2.51. The topological polar surface area (TPSA) is 73.2 Å². The highest BCUT2D eigenvalue weighted by Gasteiger charge is 2.19. The number of ether oxygens (including phenoxy) is 2. The smallest absolute Gasteiger partial charge is 0.231 e. The Hall–Kier alpha value is -2.17. The molecule has 1 aliphatic heterocycles. The van der Waals surface area contributed by atoms with Gasteiger partial charge >= 0.3 is 0 Å². The second kappa shape index (κ2) is 3.94. The lowest BCUT2D eigenvalue weighted by Gasteiger charge is -2.08. The summed E-state index contributed by atoms with van der Waals surface area (Å²) in [4.78, 5) is 0. The van der Waals surface area contributed by atoms with E-state index < -0.39 is 0 Å². The number of hydrogen-bond donors (Lipinski definition) is 2. The van der Waals surface area contributed by atoms with Gasteiger partial charge in [0.1, 0.15) is 0 Å². The lowest BCUT2D eigenvalue weighted by atomic mass is 9.99. The third kappa shape index (κ3) is 1.59. The van der Waals surface area contributed by atoms with Crippen LogP contribution in [0, 0.1) is 0 Å². The van der Waals surface area contributed by atoms with Crippen LogP contribution in [0.4, 0.5) is 5.82 Å². The highest BCUT2D eigenvalue weighted by Crippen LogP contribution is 2.39. The number of nitrogens with one attached hydrogen (secondary N) is 1. The molecule has 5 heteroatoms. The molecule has 0 radical (unpaired) electrons. The molecule has 3 N–H and O–H groups in total. The Morgan fingerprint density at radius 3 is 2.83 bits per heavy atom. The lowest BCUT2D eigenvalue weighted by Crippen LogP contribution is -1.93. The van der Waals surface area contributed by atoms with Crippen molar-refractivity contribution >= 4 is 5.82 Å². The van der Waals surface area contributed by atoms with Crippen LogP contribution in [-0.2, 0) is 0 Å². The molecule has 1 aromatic heterocycles. The van der Waals surface area contributed by atoms with Crippen molar-refractivity contribution in [2.45, 2.75) is 19.8 Å². The van der Waals surface area contributed by atoms with Crippen LogP contribution in [-0.4, -0.2) is 17.0 Å². The molecule has 94 valence electrons. The summed E-state index contributed by atoms with van der Waals surface area (Å²) in [6, 6.07) is 5.81. The average molecular weight is 245 g/mol. The molecule has 2 heterocycles. The molecule has 18 heavy (non-hydrogen) atoms. The van der Waals surface area contributed by atoms with E-state index in [2.05, 4.69) is 24.0 Å². The van der Waals surface area contributed by atoms with Crippen LogP contribution in [0.5, 0.6) is 11.5 Å². The first kappa shape index (κ1) is 11.0. The summed E-state index contributed by atoms with van der Waals surface area (Å²) in [6.07, 6.45) is 0. The van der Waals surface area contributed by atoms with E-state index in [4.69, 9.17) is 15.2 Å². The first-order valence-corrected chi connectivity index (χ1v) is 5.90. The van der Waals surface area contributed by atoms with Crippen LogP contribution >= 0.6 is 0 Å². The second-order valence-corrected chi connectivity index (χ2v) is 4.62. The van der Waals surface area contributed by atoms with E-state index in [1.54, 1.807) is 0 Å². The maximum atomic E-state index is 5.94. The molecule has 0 saturated carbocycles. The van der Waals surface area contributed by atoms with Crippen LogP contribution in [0.15, 0.2) is 18.2 Å². The summed E-state index contributed by atoms with van der Waals surface area (Å²) in [7, 11) is 0. The Labute approximate surface area is 105 Å². The predicted molar refractivity (Wildman–Crippen MR) is 68.6 cm³/mol. The Morgan fingerprint density at radius 2 is 2.06 bits per heavy atom. The fourth-order valence-corrected chi connectivity index (χ4v) is 2.14. The molecule has 1 aromatic carbocycles. The van der Waals surface area contributed by atoms with Crippen LogP contribution in [0.3, 0.4) is 0 Å². The molecule has 0 aliphatic carbocycles. The first-order valence-electron chi connectivity index (χ1n) is 5.90. The molecule has 0 atom stereocenters. The van der Waals surface area contributed by atoms with Gasteiger partial charge < -0.3 is 15.2 Å². The van der Waals surface area contributed by atoms with Gasteiger partial charge in [-0.1, -0.05) is 19.9 Å². The largest absolute Gasteiger partial charge is 0.454 e. The lowest BCUT2D eigenvalue weighted by molar-refractivity contribution is 0.174. The minimum atomic E-state index is 0.274. The van der Waals surface area contributed by atoms with Crippen molar-refractivity contribution in [3.05, 3.63) is 23.9 Å². The number of hydrogen-bond acceptors (Lipinski definition) is 4. The molecular weight excluding hydrogens is 230 g/mol. The number of nitrogens with two attached hydrogens (primary N) is 1. The van der Waals surface area contributed by atoms with E-state index >= 15 is 0 Å². The molecule has 0 spiro atoms. The minimum absolute atomic E-state index is 0.274. The van der Waals surface area contributed by atoms with Gasteiger partial charge in [0.05, 0.1) is 0 Å². The molecule has 0 unspecified atom stereocenters. The summed E-state index contributed by atoms with van der Waals surface area (Å²) < 4.78 is 10.7. The Morgan fingerprint density at radius 1 is 1.28 bits per heavy atom. The van der Waals surface area contributed by atoms with E-state index in [1.165, 1.54) is 0 Å². The first-order chi connectivity index (χ1) is 8.66. The van der Waals surface area contributed by atoms with Gasteiger partial charge in [-0.05, 0) is 23.6 Å². The fraction of sp³-hybridized carbons (Fsp3) is 0.308. The molecule has 3 rings (SSSR count). The van der Waals surface area contributed by atoms with Crippen molar-refractivity contribution in [3.8, 4) is 22.6 Å². The third-order valence-electron chi connectivity index (χ3n) is 3.06. The summed E-state index contributed by atoms with van der Waals surface area (Å²) in [5.41, 5.74) is 8.92. The zero-order valence-corrected chi connectivity index (χ0v) is 10.4. The quantitative estimate of drug-likeness (QED) is 0.852. The molecule has 1 aliphatic rings. The number of benzene rings is 1. The molecule has 0 bridgehead atoms.